The first-order valence-electron chi connectivity index (χ1n) is 5.59. The Kier molecular flexibility index (Phi) is 4.49. The molecule has 1 aromatic heterocycles. The van der Waals surface area contributed by atoms with Crippen LogP contribution in [-0.2, 0) is 6.54 Å². The van der Waals surface area contributed by atoms with Gasteiger partial charge in [-0.2, -0.15) is 0 Å². The molecule has 1 aromatic rings. The highest BCUT2D eigenvalue weighted by Gasteiger charge is 2.06. The quantitative estimate of drug-likeness (QED) is 0.701. The lowest BCUT2D eigenvalue weighted by Crippen LogP contribution is -2.34. The number of nitrogens with one attached hydrogen (secondary N) is 2. The number of aromatic nitrogens is 2. The summed E-state index contributed by atoms with van der Waals surface area (Å²) in [5.74, 6) is 0. The number of aryl methyl sites for hydroxylation is 1. The van der Waals surface area contributed by atoms with E-state index < -0.39 is 0 Å². The molecule has 0 aliphatic heterocycles. The van der Waals surface area contributed by atoms with Gasteiger partial charge in [0.1, 0.15) is 0 Å². The molecule has 0 aliphatic carbocycles. The summed E-state index contributed by atoms with van der Waals surface area (Å²) in [6, 6.07) is 0. The topological polar surface area (TPSA) is 66.9 Å². The zero-order chi connectivity index (χ0) is 12.1. The number of hydrogen-bond donors (Lipinski definition) is 2. The molecule has 90 valence electrons. The van der Waals surface area contributed by atoms with Gasteiger partial charge in [-0.3, -0.25) is 14.7 Å². The highest BCUT2D eigenvalue weighted by atomic mass is 16.2. The monoisotopic (exact) mass is 225 g/mol. The summed E-state index contributed by atoms with van der Waals surface area (Å²) < 4.78 is 1.39. The van der Waals surface area contributed by atoms with Gasteiger partial charge in [-0.05, 0) is 33.4 Å². The van der Waals surface area contributed by atoms with E-state index in [1.807, 2.05) is 6.92 Å². The van der Waals surface area contributed by atoms with Crippen molar-refractivity contribution in [2.45, 2.75) is 33.7 Å². The van der Waals surface area contributed by atoms with E-state index >= 15 is 0 Å². The van der Waals surface area contributed by atoms with Gasteiger partial charge in [0.15, 0.2) is 0 Å². The first-order chi connectivity index (χ1) is 7.57. The Labute approximate surface area is 94.5 Å². The first-order valence-corrected chi connectivity index (χ1v) is 5.59. The summed E-state index contributed by atoms with van der Waals surface area (Å²) in [5.41, 5.74) is 0.759. The van der Waals surface area contributed by atoms with Crippen LogP contribution in [0, 0.1) is 13.8 Å². The maximum Gasteiger partial charge on any atom is 0.268 e. The largest absolute Gasteiger partial charge is 0.317 e. The van der Waals surface area contributed by atoms with E-state index in [0.29, 0.717) is 17.7 Å². The third kappa shape index (κ3) is 2.82. The van der Waals surface area contributed by atoms with Crippen molar-refractivity contribution in [1.82, 2.24) is 15.1 Å². The minimum Gasteiger partial charge on any atom is -0.317 e. The van der Waals surface area contributed by atoms with Gasteiger partial charge in [0.05, 0.1) is 0 Å². The van der Waals surface area contributed by atoms with Crippen molar-refractivity contribution in [3.63, 3.8) is 0 Å². The standard InChI is InChI=1S/C11H19N3O2/c1-4-12-6-5-7-14-11(16)9(3)8(2)10(15)13-14/h12H,4-7H2,1-3H3,(H,13,15). The maximum absolute atomic E-state index is 11.8. The van der Waals surface area contributed by atoms with Crippen molar-refractivity contribution in [2.24, 2.45) is 0 Å². The van der Waals surface area contributed by atoms with Gasteiger partial charge in [0, 0.05) is 17.7 Å². The van der Waals surface area contributed by atoms with Gasteiger partial charge < -0.3 is 5.32 Å². The van der Waals surface area contributed by atoms with Crippen molar-refractivity contribution in [3.05, 3.63) is 31.8 Å². The van der Waals surface area contributed by atoms with Crippen molar-refractivity contribution in [2.75, 3.05) is 13.1 Å². The molecule has 0 bridgehead atoms. The van der Waals surface area contributed by atoms with E-state index in [4.69, 9.17) is 0 Å². The first kappa shape index (κ1) is 12.7. The molecule has 2 N–H and O–H groups in total. The average Bonchev–Trinajstić information content (AvgIpc) is 2.28. The second-order valence-electron chi connectivity index (χ2n) is 3.85. The van der Waals surface area contributed by atoms with Crippen LogP contribution in [0.25, 0.3) is 0 Å². The van der Waals surface area contributed by atoms with Crippen LogP contribution in [0.15, 0.2) is 9.59 Å². The van der Waals surface area contributed by atoms with E-state index in [2.05, 4.69) is 10.4 Å². The van der Waals surface area contributed by atoms with E-state index in [1.165, 1.54) is 4.68 Å². The van der Waals surface area contributed by atoms with Crippen LogP contribution in [0.5, 0.6) is 0 Å². The molecule has 5 heteroatoms. The predicted molar refractivity (Wildman–Crippen MR) is 64.0 cm³/mol. The molecule has 0 aromatic carbocycles. The summed E-state index contributed by atoms with van der Waals surface area (Å²) in [7, 11) is 0. The Morgan fingerprint density at radius 2 is 1.94 bits per heavy atom. The highest BCUT2D eigenvalue weighted by Crippen LogP contribution is 1.91. The zero-order valence-electron chi connectivity index (χ0n) is 10.1. The summed E-state index contributed by atoms with van der Waals surface area (Å²) in [4.78, 5) is 23.2. The zero-order valence-corrected chi connectivity index (χ0v) is 10.1. The molecule has 0 amide bonds. The molecule has 16 heavy (non-hydrogen) atoms. The van der Waals surface area contributed by atoms with Crippen LogP contribution >= 0.6 is 0 Å². The molecule has 1 rings (SSSR count). The Morgan fingerprint density at radius 3 is 2.56 bits per heavy atom. The molecule has 1 heterocycles. The van der Waals surface area contributed by atoms with Crippen molar-refractivity contribution in [3.8, 4) is 0 Å². The van der Waals surface area contributed by atoms with Crippen molar-refractivity contribution in [1.29, 1.82) is 0 Å². The molecular formula is C11H19N3O2. The Balaban J connectivity index is 2.82. The Hall–Kier alpha value is -1.36. The van der Waals surface area contributed by atoms with Gasteiger partial charge in [0.2, 0.25) is 0 Å². The number of hydrogen-bond acceptors (Lipinski definition) is 3. The summed E-state index contributed by atoms with van der Waals surface area (Å²) in [6.45, 7) is 7.69. The smallest absolute Gasteiger partial charge is 0.268 e. The highest BCUT2D eigenvalue weighted by molar-refractivity contribution is 5.17. The van der Waals surface area contributed by atoms with Crippen molar-refractivity contribution >= 4 is 0 Å². The number of rotatable bonds is 5. The Bertz CT molecular complexity index is 459. The van der Waals surface area contributed by atoms with Crippen LogP contribution in [0.1, 0.15) is 24.5 Å². The lowest BCUT2D eigenvalue weighted by Gasteiger charge is -2.08. The van der Waals surface area contributed by atoms with Crippen LogP contribution in [-0.4, -0.2) is 22.9 Å². The summed E-state index contributed by atoms with van der Waals surface area (Å²) >= 11 is 0. The summed E-state index contributed by atoms with van der Waals surface area (Å²) in [6.07, 6.45) is 0.826. The molecular weight excluding hydrogens is 206 g/mol. The van der Waals surface area contributed by atoms with Gasteiger partial charge in [-0.1, -0.05) is 6.92 Å². The van der Waals surface area contributed by atoms with Gasteiger partial charge in [0.25, 0.3) is 11.1 Å². The lowest BCUT2D eigenvalue weighted by molar-refractivity contribution is 0.518. The molecule has 5 nitrogen and oxygen atoms in total. The fourth-order valence-corrected chi connectivity index (χ4v) is 1.49. The molecule has 0 fully saturated rings. The molecule has 0 unspecified atom stereocenters. The SMILES string of the molecule is CCNCCCn1[nH]c(=O)c(C)c(C)c1=O. The average molecular weight is 225 g/mol. The van der Waals surface area contributed by atoms with E-state index in [1.54, 1.807) is 13.8 Å². The minimum absolute atomic E-state index is 0.103. The summed E-state index contributed by atoms with van der Waals surface area (Å²) in [5, 5.41) is 5.75. The van der Waals surface area contributed by atoms with Crippen molar-refractivity contribution < 1.29 is 0 Å². The van der Waals surface area contributed by atoms with Crippen LogP contribution in [0.4, 0.5) is 0 Å². The second kappa shape index (κ2) is 5.65. The third-order valence-electron chi connectivity index (χ3n) is 2.69. The van der Waals surface area contributed by atoms with Gasteiger partial charge in [-0.25, -0.2) is 4.68 Å². The molecule has 0 aliphatic rings. The lowest BCUT2D eigenvalue weighted by atomic mass is 10.2. The number of nitrogens with zero attached hydrogens (tertiary/aromatic N) is 1. The van der Waals surface area contributed by atoms with Crippen LogP contribution < -0.4 is 16.4 Å². The number of H-pyrrole nitrogens is 1. The van der Waals surface area contributed by atoms with E-state index in [0.717, 1.165) is 19.5 Å². The molecule has 0 atom stereocenters. The fourth-order valence-electron chi connectivity index (χ4n) is 1.49. The van der Waals surface area contributed by atoms with E-state index in [-0.39, 0.29) is 11.1 Å². The molecule has 0 saturated carbocycles. The van der Waals surface area contributed by atoms with E-state index in [9.17, 15) is 9.59 Å². The maximum atomic E-state index is 11.8. The van der Waals surface area contributed by atoms with Crippen LogP contribution in [0.3, 0.4) is 0 Å². The Morgan fingerprint density at radius 1 is 1.25 bits per heavy atom. The minimum atomic E-state index is -0.180. The third-order valence-corrected chi connectivity index (χ3v) is 2.69. The molecule has 0 spiro atoms. The second-order valence-corrected chi connectivity index (χ2v) is 3.85. The van der Waals surface area contributed by atoms with Crippen LogP contribution in [0.2, 0.25) is 0 Å². The van der Waals surface area contributed by atoms with Gasteiger partial charge >= 0.3 is 0 Å². The van der Waals surface area contributed by atoms with Gasteiger partial charge in [-0.15, -0.1) is 0 Å². The fraction of sp³-hybridized carbons (Fsp3) is 0.636. The predicted octanol–water partition coefficient (Wildman–Crippen LogP) is 0.153. The number of aromatic amines is 1. The molecule has 0 saturated heterocycles. The normalized spacial score (nSPS) is 10.7. The molecule has 0 radical (unpaired) electrons.